The number of morpholine rings is 1. The summed E-state index contributed by atoms with van der Waals surface area (Å²) < 4.78 is 83.5. The zero-order valence-electron chi connectivity index (χ0n) is 28.0. The van der Waals surface area contributed by atoms with E-state index in [4.69, 9.17) is 19.2 Å². The first-order valence-corrected chi connectivity index (χ1v) is 19.6. The van der Waals surface area contributed by atoms with Gasteiger partial charge in [-0.2, -0.15) is 25.9 Å². The first-order chi connectivity index (χ1) is 21.8. The van der Waals surface area contributed by atoms with Gasteiger partial charge in [0.2, 0.25) is 0 Å². The van der Waals surface area contributed by atoms with Crippen molar-refractivity contribution in [1.29, 1.82) is 0 Å². The van der Waals surface area contributed by atoms with Crippen LogP contribution in [0.3, 0.4) is 0 Å². The third kappa shape index (κ3) is 6.97. The Morgan fingerprint density at radius 1 is 1.11 bits per heavy atom. The number of aromatic nitrogens is 5. The molecule has 4 heterocycles. The van der Waals surface area contributed by atoms with Crippen molar-refractivity contribution in [3.8, 4) is 11.3 Å². The van der Waals surface area contributed by atoms with Gasteiger partial charge in [0, 0.05) is 39.8 Å². The van der Waals surface area contributed by atoms with Crippen LogP contribution < -0.4 is 4.90 Å². The maximum absolute atomic E-state index is 13.9. The smallest absolute Gasteiger partial charge is 0.411 e. The first kappa shape index (κ1) is 35.0. The summed E-state index contributed by atoms with van der Waals surface area (Å²) in [6.45, 7) is 14.4. The summed E-state index contributed by atoms with van der Waals surface area (Å²) in [6.07, 6.45) is -1.75. The molecule has 47 heavy (non-hydrogen) atoms. The number of imidazole rings is 2. The molecular weight excluding hydrogens is 652 g/mol. The minimum absolute atomic E-state index is 0.0956. The van der Waals surface area contributed by atoms with Gasteiger partial charge in [-0.25, -0.2) is 18.5 Å². The predicted octanol–water partition coefficient (Wildman–Crippen LogP) is 5.52. The van der Waals surface area contributed by atoms with Crippen molar-refractivity contribution in [2.24, 2.45) is 0 Å². The van der Waals surface area contributed by atoms with Crippen LogP contribution >= 0.6 is 0 Å². The number of alkyl halides is 3. The molecule has 1 saturated heterocycles. The number of halogens is 3. The van der Waals surface area contributed by atoms with Gasteiger partial charge in [0.1, 0.15) is 6.33 Å². The average Bonchev–Trinajstić information content (AvgIpc) is 3.62. The van der Waals surface area contributed by atoms with Gasteiger partial charge in [0.05, 0.1) is 48.0 Å². The summed E-state index contributed by atoms with van der Waals surface area (Å²) in [5.41, 5.74) is 2.30. The van der Waals surface area contributed by atoms with Crippen LogP contribution in [0.2, 0.25) is 18.1 Å². The molecule has 1 fully saturated rings. The Morgan fingerprint density at radius 3 is 2.40 bits per heavy atom. The molecule has 16 heteroatoms. The average molecular weight is 694 g/mol. The van der Waals surface area contributed by atoms with Gasteiger partial charge in [-0.1, -0.05) is 32.9 Å². The number of anilines is 1. The highest BCUT2D eigenvalue weighted by molar-refractivity contribution is 7.87. The molecule has 1 aliphatic heterocycles. The molecule has 0 aliphatic carbocycles. The van der Waals surface area contributed by atoms with E-state index in [-0.39, 0.29) is 23.6 Å². The third-order valence-electron chi connectivity index (χ3n) is 9.13. The van der Waals surface area contributed by atoms with E-state index in [1.807, 2.05) is 11.0 Å². The molecular formula is C31H42F3N7O4SSi. The Balaban J connectivity index is 1.74. The van der Waals surface area contributed by atoms with Crippen LogP contribution in [-0.4, -0.2) is 85.0 Å². The zero-order chi connectivity index (χ0) is 34.5. The van der Waals surface area contributed by atoms with Crippen LogP contribution in [0.1, 0.15) is 48.8 Å². The number of fused-ring (bicyclic) bond motifs is 1. The lowest BCUT2D eigenvalue weighted by Gasteiger charge is -2.36. The quantitative estimate of drug-likeness (QED) is 0.211. The van der Waals surface area contributed by atoms with Crippen molar-refractivity contribution >= 4 is 30.0 Å². The summed E-state index contributed by atoms with van der Waals surface area (Å²) in [7, 11) is -3.24. The molecule has 0 saturated carbocycles. The predicted molar refractivity (Wildman–Crippen MR) is 176 cm³/mol. The summed E-state index contributed by atoms with van der Waals surface area (Å²) in [4.78, 5) is 11.5. The fourth-order valence-corrected chi connectivity index (χ4v) is 6.82. The summed E-state index contributed by atoms with van der Waals surface area (Å²) in [5.74, 6) is 0.581. The van der Waals surface area contributed by atoms with Gasteiger partial charge < -0.3 is 14.1 Å². The van der Waals surface area contributed by atoms with E-state index < -0.39 is 30.3 Å². The molecule has 0 radical (unpaired) electrons. The van der Waals surface area contributed by atoms with Gasteiger partial charge >= 0.3 is 16.4 Å². The maximum Gasteiger partial charge on any atom is 0.416 e. The third-order valence-corrected chi connectivity index (χ3v) is 15.3. The molecule has 0 N–H and O–H groups in total. The van der Waals surface area contributed by atoms with Crippen LogP contribution in [0, 0.1) is 6.92 Å². The van der Waals surface area contributed by atoms with Gasteiger partial charge in [-0.05, 0) is 48.3 Å². The van der Waals surface area contributed by atoms with E-state index in [1.165, 1.54) is 39.6 Å². The summed E-state index contributed by atoms with van der Waals surface area (Å²) in [6, 6.07) is 6.00. The normalized spacial score (nSPS) is 15.3. The maximum atomic E-state index is 13.9. The van der Waals surface area contributed by atoms with Crippen LogP contribution in [0.25, 0.3) is 16.9 Å². The number of rotatable bonds is 9. The van der Waals surface area contributed by atoms with E-state index in [1.54, 1.807) is 10.6 Å². The second-order valence-electron chi connectivity index (χ2n) is 13.4. The van der Waals surface area contributed by atoms with Crippen LogP contribution in [-0.2, 0) is 38.6 Å². The van der Waals surface area contributed by atoms with E-state index >= 15 is 0 Å². The molecule has 0 atom stereocenters. The van der Waals surface area contributed by atoms with Gasteiger partial charge in [0.25, 0.3) is 0 Å². The van der Waals surface area contributed by atoms with Gasteiger partial charge in [-0.3, -0.25) is 0 Å². The number of ether oxygens (including phenoxy) is 1. The largest absolute Gasteiger partial charge is 0.416 e. The minimum atomic E-state index is -4.51. The number of benzene rings is 1. The van der Waals surface area contributed by atoms with E-state index in [9.17, 15) is 21.6 Å². The van der Waals surface area contributed by atoms with Crippen molar-refractivity contribution in [2.75, 3.05) is 45.3 Å². The molecule has 4 aromatic rings. The van der Waals surface area contributed by atoms with Crippen molar-refractivity contribution in [3.05, 3.63) is 64.9 Å². The van der Waals surface area contributed by atoms with Crippen molar-refractivity contribution in [1.82, 2.24) is 27.9 Å². The highest BCUT2D eigenvalue weighted by Crippen LogP contribution is 2.38. The van der Waals surface area contributed by atoms with Gasteiger partial charge in [0.15, 0.2) is 19.8 Å². The Labute approximate surface area is 274 Å². The van der Waals surface area contributed by atoms with Crippen LogP contribution in [0.15, 0.2) is 36.8 Å². The molecule has 0 unspecified atom stereocenters. The monoisotopic (exact) mass is 693 g/mol. The Bertz CT molecular complexity index is 1880. The molecule has 0 amide bonds. The van der Waals surface area contributed by atoms with Crippen molar-refractivity contribution in [2.45, 2.75) is 65.0 Å². The molecule has 11 nitrogen and oxygen atoms in total. The first-order valence-electron chi connectivity index (χ1n) is 15.3. The molecule has 0 spiro atoms. The zero-order valence-corrected chi connectivity index (χ0v) is 29.8. The molecule has 3 aromatic heterocycles. The minimum Gasteiger partial charge on any atom is -0.411 e. The standard InChI is InChI=1S/C31H42F3N7O4SSi/c1-21-22(10-9-11-24(21)31(32,33)34)16-27-26(19-45-47(7,8)30(2,3)4)36-29-23(25-18-40(20-35-25)46(42,43)38(5)6)17-28(37-41(27)29)39-12-14-44-15-13-39/h9-11,17-18,20H,12-16,19H2,1-8H3. The summed E-state index contributed by atoms with van der Waals surface area (Å²) in [5, 5.41) is 4.88. The number of hydrogen-bond acceptors (Lipinski definition) is 8. The van der Waals surface area contributed by atoms with E-state index in [0.29, 0.717) is 66.0 Å². The molecule has 256 valence electrons. The summed E-state index contributed by atoms with van der Waals surface area (Å²) >= 11 is 0. The Kier molecular flexibility index (Phi) is 9.39. The van der Waals surface area contributed by atoms with Crippen molar-refractivity contribution < 1.29 is 30.8 Å². The Morgan fingerprint density at radius 2 is 1.79 bits per heavy atom. The van der Waals surface area contributed by atoms with Crippen LogP contribution in [0.4, 0.5) is 19.0 Å². The lowest BCUT2D eigenvalue weighted by atomic mass is 9.98. The highest BCUT2D eigenvalue weighted by Gasteiger charge is 2.38. The van der Waals surface area contributed by atoms with Crippen molar-refractivity contribution in [3.63, 3.8) is 0 Å². The topological polar surface area (TPSA) is 107 Å². The number of hydrogen-bond donors (Lipinski definition) is 0. The van der Waals surface area contributed by atoms with E-state index in [0.717, 1.165) is 14.3 Å². The van der Waals surface area contributed by atoms with Crippen LogP contribution in [0.5, 0.6) is 0 Å². The fraction of sp³-hybridized carbons (Fsp3) is 0.516. The second kappa shape index (κ2) is 12.6. The highest BCUT2D eigenvalue weighted by atomic mass is 32.2. The molecule has 1 aromatic carbocycles. The molecule has 1 aliphatic rings. The second-order valence-corrected chi connectivity index (χ2v) is 20.3. The fourth-order valence-electron chi connectivity index (χ4n) is 5.11. The lowest BCUT2D eigenvalue weighted by molar-refractivity contribution is -0.138. The lowest BCUT2D eigenvalue weighted by Crippen LogP contribution is -2.40. The Hall–Kier alpha value is -3.31. The van der Waals surface area contributed by atoms with E-state index in [2.05, 4.69) is 38.8 Å². The number of nitrogens with zero attached hydrogens (tertiary/aromatic N) is 7. The molecule has 0 bridgehead atoms. The molecule has 5 rings (SSSR count). The SMILES string of the molecule is Cc1c(Cc2c(CO[Si](C)(C)C(C)(C)C)nc3c(-c4cn(S(=O)(=O)N(C)C)cn4)cc(N4CCOCC4)nn23)cccc1C(F)(F)F. The van der Waals surface area contributed by atoms with Gasteiger partial charge in [-0.15, -0.1) is 5.10 Å².